The lowest BCUT2D eigenvalue weighted by molar-refractivity contribution is -0.143. The molecule has 6 heteroatoms. The van der Waals surface area contributed by atoms with Gasteiger partial charge in [-0.15, -0.1) is 0 Å². The number of carbonyl (C=O) groups excluding carboxylic acids is 4. The van der Waals surface area contributed by atoms with E-state index in [1.54, 1.807) is 25.2 Å². The fraction of sp³-hybridized carbons (Fsp3) is 0.565. The number of rotatable bonds is 13. The number of nitrogens with one attached hydrogen (secondary N) is 1. The van der Waals surface area contributed by atoms with Crippen LogP contribution in [0.1, 0.15) is 92.9 Å². The van der Waals surface area contributed by atoms with Crippen molar-refractivity contribution >= 4 is 29.5 Å². The molecule has 29 heavy (non-hydrogen) atoms. The Kier molecular flexibility index (Phi) is 15.0. The van der Waals surface area contributed by atoms with E-state index < -0.39 is 0 Å². The zero-order valence-electron chi connectivity index (χ0n) is 18.2. The molecule has 0 bridgehead atoms. The maximum atomic E-state index is 11.1. The molecule has 6 nitrogen and oxygen atoms in total. The summed E-state index contributed by atoms with van der Waals surface area (Å²) >= 11 is 0. The van der Waals surface area contributed by atoms with Crippen LogP contribution in [0, 0.1) is 0 Å². The molecule has 0 saturated carbocycles. The first-order chi connectivity index (χ1) is 13.8. The number of carbonyl (C=O) groups is 4. The Hall–Kier alpha value is -2.50. The van der Waals surface area contributed by atoms with Crippen LogP contribution in [-0.2, 0) is 14.3 Å². The Morgan fingerprint density at radius 3 is 1.86 bits per heavy atom. The first-order valence-electron chi connectivity index (χ1n) is 10.3. The van der Waals surface area contributed by atoms with Crippen LogP contribution in [0.4, 0.5) is 5.69 Å². The van der Waals surface area contributed by atoms with Crippen molar-refractivity contribution < 1.29 is 23.9 Å². The molecule has 1 aromatic carbocycles. The van der Waals surface area contributed by atoms with Gasteiger partial charge in [-0.1, -0.05) is 25.7 Å². The van der Waals surface area contributed by atoms with E-state index in [9.17, 15) is 19.2 Å². The van der Waals surface area contributed by atoms with Gasteiger partial charge in [-0.05, 0) is 51.8 Å². The van der Waals surface area contributed by atoms with Crippen molar-refractivity contribution in [2.45, 2.75) is 72.1 Å². The minimum absolute atomic E-state index is 0.0374. The number of benzene rings is 1. The quantitative estimate of drug-likeness (QED) is 0.215. The number of hydrogen-bond donors (Lipinski definition) is 1. The number of ether oxygens (including phenoxy) is 1. The predicted molar refractivity (Wildman–Crippen MR) is 116 cm³/mol. The van der Waals surface area contributed by atoms with E-state index in [4.69, 9.17) is 4.74 Å². The van der Waals surface area contributed by atoms with Gasteiger partial charge < -0.3 is 14.8 Å². The number of aldehydes is 1. The molecule has 1 rings (SSSR count). The summed E-state index contributed by atoms with van der Waals surface area (Å²) in [6.45, 7) is 5.27. The Morgan fingerprint density at radius 1 is 0.897 bits per heavy atom. The predicted octanol–water partition coefficient (Wildman–Crippen LogP) is 5.00. The smallest absolute Gasteiger partial charge is 0.305 e. The molecule has 0 aliphatic carbocycles. The summed E-state index contributed by atoms with van der Waals surface area (Å²) < 4.78 is 4.82. The number of ketones is 2. The van der Waals surface area contributed by atoms with Crippen molar-refractivity contribution in [3.63, 3.8) is 0 Å². The van der Waals surface area contributed by atoms with Gasteiger partial charge in [0.2, 0.25) is 0 Å². The van der Waals surface area contributed by atoms with Crippen molar-refractivity contribution in [3.8, 4) is 0 Å². The summed E-state index contributed by atoms with van der Waals surface area (Å²) in [5.74, 6) is -0.160. The van der Waals surface area contributed by atoms with Gasteiger partial charge in [-0.25, -0.2) is 0 Å². The normalized spacial score (nSPS) is 9.79. The molecular weight excluding hydrogens is 370 g/mol. The molecule has 0 radical (unpaired) electrons. The standard InChI is InChI=1S/C12H22O3.C11H13NO2/c1-2-15-12(14)10-8-6-4-3-5-7-9-11-13;1-7(13)9-4-10(8(2)14)6-11(5-9)12-3/h11H,2-10H2,1H3;4-6,12H,1-3H3. The highest BCUT2D eigenvalue weighted by molar-refractivity contribution is 6.00. The lowest BCUT2D eigenvalue weighted by atomic mass is 10.0. The summed E-state index contributed by atoms with van der Waals surface area (Å²) in [5.41, 5.74) is 1.90. The van der Waals surface area contributed by atoms with E-state index in [2.05, 4.69) is 5.32 Å². The van der Waals surface area contributed by atoms with Gasteiger partial charge in [-0.2, -0.15) is 0 Å². The van der Waals surface area contributed by atoms with E-state index in [-0.39, 0.29) is 17.5 Å². The lowest BCUT2D eigenvalue weighted by Crippen LogP contribution is -2.03. The first-order valence-corrected chi connectivity index (χ1v) is 10.3. The van der Waals surface area contributed by atoms with Gasteiger partial charge in [0.15, 0.2) is 11.6 Å². The van der Waals surface area contributed by atoms with Gasteiger partial charge in [-0.3, -0.25) is 14.4 Å². The van der Waals surface area contributed by atoms with Crippen LogP contribution >= 0.6 is 0 Å². The minimum Gasteiger partial charge on any atom is -0.466 e. The SMILES string of the molecule is CCOC(=O)CCCCCCCCC=O.CNc1cc(C(C)=O)cc(C(C)=O)c1. The summed E-state index contributed by atoms with van der Waals surface area (Å²) in [7, 11) is 1.75. The van der Waals surface area contributed by atoms with Crippen molar-refractivity contribution in [2.75, 3.05) is 19.0 Å². The summed E-state index contributed by atoms with van der Waals surface area (Å²) in [6.07, 6.45) is 8.65. The molecule has 162 valence electrons. The largest absolute Gasteiger partial charge is 0.466 e. The Labute approximate surface area is 174 Å². The van der Waals surface area contributed by atoms with Crippen LogP contribution in [0.3, 0.4) is 0 Å². The van der Waals surface area contributed by atoms with Gasteiger partial charge in [0.25, 0.3) is 0 Å². The number of hydrogen-bond acceptors (Lipinski definition) is 6. The monoisotopic (exact) mass is 405 g/mol. The highest BCUT2D eigenvalue weighted by Crippen LogP contribution is 2.15. The molecular formula is C23H35NO5. The second-order valence-electron chi connectivity index (χ2n) is 6.79. The second kappa shape index (κ2) is 16.5. The molecule has 0 aromatic heterocycles. The molecule has 0 spiro atoms. The summed E-state index contributed by atoms with van der Waals surface area (Å²) in [4.78, 5) is 43.3. The van der Waals surface area contributed by atoms with Crippen LogP contribution in [0.15, 0.2) is 18.2 Å². The topological polar surface area (TPSA) is 89.5 Å². The zero-order chi connectivity index (χ0) is 22.1. The fourth-order valence-corrected chi connectivity index (χ4v) is 2.62. The average molecular weight is 406 g/mol. The first kappa shape index (κ1) is 26.5. The van der Waals surface area contributed by atoms with E-state index in [0.29, 0.717) is 30.6 Å². The van der Waals surface area contributed by atoms with Crippen LogP contribution in [-0.4, -0.2) is 37.5 Å². The molecule has 0 aliphatic rings. The maximum absolute atomic E-state index is 11.1. The Bertz CT molecular complexity index is 622. The summed E-state index contributed by atoms with van der Waals surface area (Å²) in [5, 5.41) is 2.91. The van der Waals surface area contributed by atoms with Crippen molar-refractivity contribution in [1.82, 2.24) is 0 Å². The molecule has 0 atom stereocenters. The van der Waals surface area contributed by atoms with Crippen LogP contribution in [0.5, 0.6) is 0 Å². The molecule has 0 unspecified atom stereocenters. The third kappa shape index (κ3) is 13.3. The maximum Gasteiger partial charge on any atom is 0.305 e. The van der Waals surface area contributed by atoms with E-state index >= 15 is 0 Å². The van der Waals surface area contributed by atoms with E-state index in [1.807, 2.05) is 6.92 Å². The lowest BCUT2D eigenvalue weighted by Gasteiger charge is -2.05. The molecule has 1 N–H and O–H groups in total. The van der Waals surface area contributed by atoms with Gasteiger partial charge in [0.1, 0.15) is 6.29 Å². The number of anilines is 1. The van der Waals surface area contributed by atoms with Crippen LogP contribution in [0.25, 0.3) is 0 Å². The second-order valence-corrected chi connectivity index (χ2v) is 6.79. The molecule has 0 heterocycles. The molecule has 1 aromatic rings. The average Bonchev–Trinajstić information content (AvgIpc) is 2.70. The van der Waals surface area contributed by atoms with Gasteiger partial charge >= 0.3 is 5.97 Å². The highest BCUT2D eigenvalue weighted by atomic mass is 16.5. The Balaban J connectivity index is 0.000000541. The number of Topliss-reactive ketones (excluding diaryl/α,β-unsaturated/α-hetero) is 2. The summed E-state index contributed by atoms with van der Waals surface area (Å²) in [6, 6.07) is 5.08. The van der Waals surface area contributed by atoms with Crippen molar-refractivity contribution in [1.29, 1.82) is 0 Å². The van der Waals surface area contributed by atoms with Gasteiger partial charge in [0.05, 0.1) is 6.61 Å². The number of unbranched alkanes of at least 4 members (excludes halogenated alkanes) is 6. The molecule has 0 saturated heterocycles. The fourth-order valence-electron chi connectivity index (χ4n) is 2.62. The molecule has 0 amide bonds. The third-order valence-corrected chi connectivity index (χ3v) is 4.29. The van der Waals surface area contributed by atoms with Gasteiger partial charge in [0, 0.05) is 36.7 Å². The third-order valence-electron chi connectivity index (χ3n) is 4.29. The van der Waals surface area contributed by atoms with Crippen LogP contribution in [0.2, 0.25) is 0 Å². The van der Waals surface area contributed by atoms with E-state index in [0.717, 1.165) is 50.5 Å². The number of esters is 1. The van der Waals surface area contributed by atoms with Crippen molar-refractivity contribution in [2.24, 2.45) is 0 Å². The molecule has 0 fully saturated rings. The minimum atomic E-state index is -0.0848. The van der Waals surface area contributed by atoms with E-state index in [1.165, 1.54) is 13.8 Å². The Morgan fingerprint density at radius 2 is 1.41 bits per heavy atom. The molecule has 0 aliphatic heterocycles. The zero-order valence-corrected chi connectivity index (χ0v) is 18.2. The van der Waals surface area contributed by atoms with Crippen LogP contribution < -0.4 is 5.32 Å². The highest BCUT2D eigenvalue weighted by Gasteiger charge is 2.06. The van der Waals surface area contributed by atoms with Crippen molar-refractivity contribution in [3.05, 3.63) is 29.3 Å².